The van der Waals surface area contributed by atoms with Crippen molar-refractivity contribution < 1.29 is 14.6 Å². The molecule has 22 heavy (non-hydrogen) atoms. The molecule has 0 heterocycles. The van der Waals surface area contributed by atoms with E-state index in [0.29, 0.717) is 25.8 Å². The lowest BCUT2D eigenvalue weighted by molar-refractivity contribution is 0.0157. The van der Waals surface area contributed by atoms with Gasteiger partial charge in [0.05, 0.1) is 26.4 Å². The Kier molecular flexibility index (Phi) is 8.82. The summed E-state index contributed by atoms with van der Waals surface area (Å²) in [5.74, 6) is 0.858. The van der Waals surface area contributed by atoms with Crippen LogP contribution in [-0.4, -0.2) is 49.0 Å². The molecule has 0 aliphatic carbocycles. The van der Waals surface area contributed by atoms with Gasteiger partial charge in [0.25, 0.3) is 0 Å². The Labute approximate surface area is 134 Å². The van der Waals surface area contributed by atoms with E-state index in [4.69, 9.17) is 9.47 Å². The van der Waals surface area contributed by atoms with E-state index in [1.54, 1.807) is 13.2 Å². The molecule has 0 saturated carbocycles. The van der Waals surface area contributed by atoms with Gasteiger partial charge in [0.2, 0.25) is 0 Å². The molecule has 4 heteroatoms. The predicted molar refractivity (Wildman–Crippen MR) is 90.2 cm³/mol. The third-order valence-corrected chi connectivity index (χ3v) is 3.73. The van der Waals surface area contributed by atoms with E-state index in [2.05, 4.69) is 31.4 Å². The average molecular weight is 307 g/mol. The molecule has 0 aliphatic rings. The van der Waals surface area contributed by atoms with Crippen LogP contribution in [0.15, 0.2) is 36.9 Å². The lowest BCUT2D eigenvalue weighted by Gasteiger charge is -2.30. The molecule has 0 radical (unpaired) electrons. The molecule has 0 amide bonds. The molecule has 0 unspecified atom stereocenters. The SMILES string of the molecule is C=CCOC[C@H](O)CN(Cc1cccc(OC)c1)[C@@H](C)CC. The summed E-state index contributed by atoms with van der Waals surface area (Å²) in [6, 6.07) is 8.44. The highest BCUT2D eigenvalue weighted by atomic mass is 16.5. The van der Waals surface area contributed by atoms with Crippen molar-refractivity contribution in [2.45, 2.75) is 39.0 Å². The fraction of sp³-hybridized carbons (Fsp3) is 0.556. The molecule has 124 valence electrons. The summed E-state index contributed by atoms with van der Waals surface area (Å²) in [5.41, 5.74) is 1.18. The van der Waals surface area contributed by atoms with Gasteiger partial charge < -0.3 is 14.6 Å². The molecule has 0 saturated heterocycles. The van der Waals surface area contributed by atoms with E-state index in [1.807, 2.05) is 18.2 Å². The van der Waals surface area contributed by atoms with Crippen molar-refractivity contribution >= 4 is 0 Å². The van der Waals surface area contributed by atoms with Crippen molar-refractivity contribution in [1.29, 1.82) is 0 Å². The van der Waals surface area contributed by atoms with Gasteiger partial charge in [0, 0.05) is 19.1 Å². The topological polar surface area (TPSA) is 41.9 Å². The monoisotopic (exact) mass is 307 g/mol. The minimum absolute atomic E-state index is 0.330. The molecule has 4 nitrogen and oxygen atoms in total. The Balaban J connectivity index is 2.65. The Morgan fingerprint density at radius 1 is 1.41 bits per heavy atom. The second-order valence-electron chi connectivity index (χ2n) is 5.52. The molecule has 2 atom stereocenters. The van der Waals surface area contributed by atoms with Crippen molar-refractivity contribution in [3.05, 3.63) is 42.5 Å². The van der Waals surface area contributed by atoms with Gasteiger partial charge in [-0.2, -0.15) is 0 Å². The van der Waals surface area contributed by atoms with Crippen LogP contribution >= 0.6 is 0 Å². The zero-order valence-electron chi connectivity index (χ0n) is 14.0. The van der Waals surface area contributed by atoms with Crippen LogP contribution in [0.3, 0.4) is 0 Å². The van der Waals surface area contributed by atoms with Crippen LogP contribution < -0.4 is 4.74 Å². The van der Waals surface area contributed by atoms with E-state index < -0.39 is 6.10 Å². The highest BCUT2D eigenvalue weighted by Gasteiger charge is 2.17. The number of hydrogen-bond acceptors (Lipinski definition) is 4. The molecule has 0 fully saturated rings. The van der Waals surface area contributed by atoms with E-state index in [0.717, 1.165) is 18.7 Å². The summed E-state index contributed by atoms with van der Waals surface area (Å²) in [6.45, 7) is 10.1. The highest BCUT2D eigenvalue weighted by molar-refractivity contribution is 5.28. The summed E-state index contributed by atoms with van der Waals surface area (Å²) < 4.78 is 10.6. The summed E-state index contributed by atoms with van der Waals surface area (Å²) in [4.78, 5) is 2.27. The molecule has 0 spiro atoms. The van der Waals surface area contributed by atoms with Crippen molar-refractivity contribution in [1.82, 2.24) is 4.90 Å². The van der Waals surface area contributed by atoms with Crippen LogP contribution in [-0.2, 0) is 11.3 Å². The molecule has 0 aliphatic heterocycles. The first kappa shape index (κ1) is 18.7. The Morgan fingerprint density at radius 2 is 2.18 bits per heavy atom. The Bertz CT molecular complexity index is 436. The van der Waals surface area contributed by atoms with Gasteiger partial charge >= 0.3 is 0 Å². The van der Waals surface area contributed by atoms with Crippen molar-refractivity contribution in [2.24, 2.45) is 0 Å². The van der Waals surface area contributed by atoms with Crippen molar-refractivity contribution in [2.75, 3.05) is 26.9 Å². The molecular formula is C18H29NO3. The number of ether oxygens (including phenoxy) is 2. The molecule has 1 rings (SSSR count). The van der Waals surface area contributed by atoms with Gasteiger partial charge in [-0.25, -0.2) is 0 Å². The molecule has 1 aromatic rings. The Hall–Kier alpha value is -1.36. The minimum Gasteiger partial charge on any atom is -0.497 e. The maximum Gasteiger partial charge on any atom is 0.119 e. The molecule has 1 N–H and O–H groups in total. The largest absolute Gasteiger partial charge is 0.497 e. The Morgan fingerprint density at radius 3 is 2.82 bits per heavy atom. The summed E-state index contributed by atoms with van der Waals surface area (Å²) in [6.07, 6.45) is 2.22. The van der Waals surface area contributed by atoms with E-state index in [1.165, 1.54) is 5.56 Å². The smallest absolute Gasteiger partial charge is 0.119 e. The van der Waals surface area contributed by atoms with E-state index in [-0.39, 0.29) is 0 Å². The zero-order valence-corrected chi connectivity index (χ0v) is 14.0. The number of rotatable bonds is 11. The minimum atomic E-state index is -0.500. The average Bonchev–Trinajstić information content (AvgIpc) is 2.54. The maximum absolute atomic E-state index is 10.1. The first-order valence-electron chi connectivity index (χ1n) is 7.84. The third kappa shape index (κ3) is 6.60. The number of benzene rings is 1. The van der Waals surface area contributed by atoms with E-state index >= 15 is 0 Å². The molecule has 0 bridgehead atoms. The molecule has 0 aromatic heterocycles. The van der Waals surface area contributed by atoms with Gasteiger partial charge in [0.15, 0.2) is 0 Å². The number of methoxy groups -OCH3 is 1. The first-order chi connectivity index (χ1) is 10.6. The summed E-state index contributed by atoms with van der Waals surface area (Å²) >= 11 is 0. The van der Waals surface area contributed by atoms with Gasteiger partial charge in [-0.05, 0) is 31.0 Å². The highest BCUT2D eigenvalue weighted by Crippen LogP contribution is 2.16. The number of hydrogen-bond donors (Lipinski definition) is 1. The number of aliphatic hydroxyl groups is 1. The predicted octanol–water partition coefficient (Wildman–Crippen LogP) is 2.86. The van der Waals surface area contributed by atoms with Crippen LogP contribution in [0.5, 0.6) is 5.75 Å². The fourth-order valence-corrected chi connectivity index (χ4v) is 2.27. The van der Waals surface area contributed by atoms with Crippen LogP contribution in [0.4, 0.5) is 0 Å². The van der Waals surface area contributed by atoms with Crippen LogP contribution in [0.25, 0.3) is 0 Å². The molecular weight excluding hydrogens is 278 g/mol. The number of nitrogens with zero attached hydrogens (tertiary/aromatic N) is 1. The first-order valence-corrected chi connectivity index (χ1v) is 7.84. The zero-order chi connectivity index (χ0) is 16.4. The van der Waals surface area contributed by atoms with Gasteiger partial charge in [-0.15, -0.1) is 6.58 Å². The fourth-order valence-electron chi connectivity index (χ4n) is 2.27. The lowest BCUT2D eigenvalue weighted by atomic mass is 10.1. The third-order valence-electron chi connectivity index (χ3n) is 3.73. The quantitative estimate of drug-likeness (QED) is 0.504. The van der Waals surface area contributed by atoms with Crippen LogP contribution in [0.1, 0.15) is 25.8 Å². The molecule has 1 aromatic carbocycles. The van der Waals surface area contributed by atoms with E-state index in [9.17, 15) is 5.11 Å². The van der Waals surface area contributed by atoms with Gasteiger partial charge in [-0.3, -0.25) is 4.90 Å². The maximum atomic E-state index is 10.1. The standard InChI is InChI=1S/C18H29NO3/c1-5-10-22-14-17(20)13-19(15(3)6-2)12-16-8-7-9-18(11-16)21-4/h5,7-9,11,15,17,20H,1,6,10,12-14H2,2-4H3/t15-,17+/m0/s1. The summed E-state index contributed by atoms with van der Waals surface area (Å²) in [7, 11) is 1.67. The van der Waals surface area contributed by atoms with Crippen molar-refractivity contribution in [3.63, 3.8) is 0 Å². The van der Waals surface area contributed by atoms with Gasteiger partial charge in [0.1, 0.15) is 5.75 Å². The second-order valence-corrected chi connectivity index (χ2v) is 5.52. The summed E-state index contributed by atoms with van der Waals surface area (Å²) in [5, 5.41) is 10.1. The lowest BCUT2D eigenvalue weighted by Crippen LogP contribution is -2.39. The van der Waals surface area contributed by atoms with Crippen molar-refractivity contribution in [3.8, 4) is 5.75 Å². The van der Waals surface area contributed by atoms with Crippen LogP contribution in [0, 0.1) is 0 Å². The normalized spacial score (nSPS) is 13.9. The van der Waals surface area contributed by atoms with Crippen LogP contribution in [0.2, 0.25) is 0 Å². The number of aliphatic hydroxyl groups excluding tert-OH is 1. The van der Waals surface area contributed by atoms with Gasteiger partial charge in [-0.1, -0.05) is 25.1 Å². The second kappa shape index (κ2) is 10.4.